The van der Waals surface area contributed by atoms with E-state index >= 15 is 0 Å². The Labute approximate surface area is 155 Å². The highest BCUT2D eigenvalue weighted by atomic mass is 32.1. The lowest BCUT2D eigenvalue weighted by Gasteiger charge is -2.15. The molecule has 0 bridgehead atoms. The van der Waals surface area contributed by atoms with Gasteiger partial charge in [-0.3, -0.25) is 19.9 Å². The van der Waals surface area contributed by atoms with Crippen molar-refractivity contribution in [2.45, 2.75) is 6.92 Å². The van der Waals surface area contributed by atoms with Crippen molar-refractivity contribution in [3.8, 4) is 0 Å². The summed E-state index contributed by atoms with van der Waals surface area (Å²) in [5, 5.41) is 7.25. The summed E-state index contributed by atoms with van der Waals surface area (Å²) < 4.78 is 0. The number of fused-ring (bicyclic) bond motifs is 1. The molecule has 1 heterocycles. The maximum atomic E-state index is 12.3. The number of carbonyl (C=O) groups excluding carboxylic acids is 2. The summed E-state index contributed by atoms with van der Waals surface area (Å²) in [6.07, 6.45) is 0. The average Bonchev–Trinajstić information content (AvgIpc) is 2.89. The minimum atomic E-state index is -0.290. The Morgan fingerprint density at radius 2 is 1.65 bits per heavy atom. The van der Waals surface area contributed by atoms with Gasteiger partial charge in [0.05, 0.1) is 23.5 Å². The molecule has 0 aliphatic carbocycles. The van der Waals surface area contributed by atoms with E-state index in [0.717, 1.165) is 17.0 Å². The molecule has 4 N–H and O–H groups in total. The van der Waals surface area contributed by atoms with Gasteiger partial charge in [0.2, 0.25) is 0 Å². The quantitative estimate of drug-likeness (QED) is 0.323. The summed E-state index contributed by atoms with van der Waals surface area (Å²) in [5.74, 6) is -0.581. The van der Waals surface area contributed by atoms with Crippen LogP contribution in [0.25, 0.3) is 0 Å². The molecule has 2 aromatic rings. The maximum absolute atomic E-state index is 12.3. The van der Waals surface area contributed by atoms with Gasteiger partial charge < -0.3 is 11.1 Å². The number of rotatable bonds is 5. The van der Waals surface area contributed by atoms with Crippen LogP contribution in [0.3, 0.4) is 0 Å². The van der Waals surface area contributed by atoms with Crippen LogP contribution in [0.4, 0.5) is 5.69 Å². The number of nitrogens with zero attached hydrogens (tertiary/aromatic N) is 2. The number of nitrogens with one attached hydrogen (secondary N) is 2. The standard InChI is InChI=1S/C18H17N5O2S/c1-11(21-22-18(19)26)12-6-8-13(9-7-12)20-10-23-16(24)14-4-2-3-5-15(14)17(23)25/h2-9,20H,10H2,1H3,(H3,19,22,26). The molecule has 0 fully saturated rings. The lowest BCUT2D eigenvalue weighted by atomic mass is 10.1. The normalized spacial score (nSPS) is 13.6. The van der Waals surface area contributed by atoms with Crippen molar-refractivity contribution >= 4 is 40.5 Å². The predicted molar refractivity (Wildman–Crippen MR) is 104 cm³/mol. The molecular formula is C18H17N5O2S. The zero-order valence-electron chi connectivity index (χ0n) is 14.0. The van der Waals surface area contributed by atoms with Gasteiger partial charge in [-0.05, 0) is 49.0 Å². The van der Waals surface area contributed by atoms with Crippen LogP contribution < -0.4 is 16.5 Å². The van der Waals surface area contributed by atoms with Crippen LogP contribution in [0.15, 0.2) is 53.6 Å². The highest BCUT2D eigenvalue weighted by Crippen LogP contribution is 2.22. The van der Waals surface area contributed by atoms with Crippen LogP contribution in [0.5, 0.6) is 0 Å². The number of hydrogen-bond acceptors (Lipinski definition) is 5. The van der Waals surface area contributed by atoms with Crippen LogP contribution in [-0.2, 0) is 0 Å². The molecule has 3 rings (SSSR count). The lowest BCUT2D eigenvalue weighted by Crippen LogP contribution is -2.34. The first-order valence-electron chi connectivity index (χ1n) is 7.86. The third-order valence-corrected chi connectivity index (χ3v) is 4.05. The Bertz CT molecular complexity index is 873. The molecular weight excluding hydrogens is 350 g/mol. The van der Waals surface area contributed by atoms with Crippen LogP contribution in [-0.4, -0.2) is 34.2 Å². The van der Waals surface area contributed by atoms with Gasteiger partial charge in [0.15, 0.2) is 5.11 Å². The largest absolute Gasteiger partial charge is 0.375 e. The molecule has 2 aromatic carbocycles. The summed E-state index contributed by atoms with van der Waals surface area (Å²) in [4.78, 5) is 25.8. The summed E-state index contributed by atoms with van der Waals surface area (Å²) in [6, 6.07) is 14.2. The number of thiocarbonyl (C=S) groups is 1. The van der Waals surface area contributed by atoms with E-state index in [1.807, 2.05) is 31.2 Å². The van der Waals surface area contributed by atoms with Crippen molar-refractivity contribution in [3.63, 3.8) is 0 Å². The van der Waals surface area contributed by atoms with E-state index < -0.39 is 0 Å². The van der Waals surface area contributed by atoms with E-state index in [1.54, 1.807) is 24.3 Å². The van der Waals surface area contributed by atoms with Crippen LogP contribution in [0, 0.1) is 0 Å². The summed E-state index contributed by atoms with van der Waals surface area (Å²) in [7, 11) is 0. The van der Waals surface area contributed by atoms with Crippen molar-refractivity contribution in [3.05, 3.63) is 65.2 Å². The Morgan fingerprint density at radius 1 is 1.08 bits per heavy atom. The van der Waals surface area contributed by atoms with E-state index in [-0.39, 0.29) is 23.6 Å². The fourth-order valence-corrected chi connectivity index (χ4v) is 2.63. The molecule has 1 aliphatic rings. The van der Waals surface area contributed by atoms with Crippen molar-refractivity contribution in [2.75, 3.05) is 12.0 Å². The number of benzene rings is 2. The Morgan fingerprint density at radius 3 is 2.19 bits per heavy atom. The van der Waals surface area contributed by atoms with Gasteiger partial charge in [0.25, 0.3) is 11.8 Å². The second-order valence-corrected chi connectivity index (χ2v) is 6.11. The van der Waals surface area contributed by atoms with Crippen LogP contribution in [0.2, 0.25) is 0 Å². The second kappa shape index (κ2) is 7.32. The Balaban J connectivity index is 1.64. The summed E-state index contributed by atoms with van der Waals surface area (Å²) in [6.45, 7) is 1.92. The molecule has 0 saturated heterocycles. The first-order chi connectivity index (χ1) is 12.5. The monoisotopic (exact) mass is 367 g/mol. The molecule has 0 spiro atoms. The molecule has 0 saturated carbocycles. The summed E-state index contributed by atoms with van der Waals surface area (Å²) >= 11 is 4.71. The van der Waals surface area contributed by atoms with Gasteiger partial charge in [-0.15, -0.1) is 0 Å². The summed E-state index contributed by atoms with van der Waals surface area (Å²) in [5.41, 5.74) is 11.1. The van der Waals surface area contributed by atoms with Gasteiger partial charge in [-0.25, -0.2) is 0 Å². The zero-order chi connectivity index (χ0) is 18.7. The number of nitrogens with two attached hydrogens (primary N) is 1. The SMILES string of the molecule is CC(=NNC(N)=S)c1ccc(NCN2C(=O)c3ccccc3C2=O)cc1. The van der Waals surface area contributed by atoms with Gasteiger partial charge >= 0.3 is 0 Å². The zero-order valence-corrected chi connectivity index (χ0v) is 14.8. The topological polar surface area (TPSA) is 99.8 Å². The van der Waals surface area contributed by atoms with Crippen LogP contribution in [0.1, 0.15) is 33.2 Å². The average molecular weight is 367 g/mol. The predicted octanol–water partition coefficient (Wildman–Crippen LogP) is 1.91. The van der Waals surface area contributed by atoms with Gasteiger partial charge in [0, 0.05) is 5.69 Å². The highest BCUT2D eigenvalue weighted by Gasteiger charge is 2.34. The third-order valence-electron chi connectivity index (χ3n) is 3.96. The van der Waals surface area contributed by atoms with E-state index in [4.69, 9.17) is 18.0 Å². The molecule has 26 heavy (non-hydrogen) atoms. The number of carbonyl (C=O) groups is 2. The van der Waals surface area contributed by atoms with Gasteiger partial charge in [0.1, 0.15) is 0 Å². The van der Waals surface area contributed by atoms with Crippen molar-refractivity contribution in [1.29, 1.82) is 0 Å². The number of imide groups is 1. The number of hydrazone groups is 1. The van der Waals surface area contributed by atoms with E-state index in [2.05, 4.69) is 15.8 Å². The fourth-order valence-electron chi connectivity index (χ4n) is 2.59. The number of amides is 2. The van der Waals surface area contributed by atoms with Crippen molar-refractivity contribution in [1.82, 2.24) is 10.3 Å². The first kappa shape index (κ1) is 17.6. The first-order valence-corrected chi connectivity index (χ1v) is 8.27. The molecule has 0 unspecified atom stereocenters. The lowest BCUT2D eigenvalue weighted by molar-refractivity contribution is 0.0666. The molecule has 7 nitrogen and oxygen atoms in total. The molecule has 132 valence electrons. The molecule has 0 atom stereocenters. The van der Waals surface area contributed by atoms with Gasteiger partial charge in [-0.2, -0.15) is 5.10 Å². The van der Waals surface area contributed by atoms with Crippen molar-refractivity contribution in [2.24, 2.45) is 10.8 Å². The minimum Gasteiger partial charge on any atom is -0.375 e. The molecule has 2 amide bonds. The van der Waals surface area contributed by atoms with E-state index in [1.165, 1.54) is 4.90 Å². The number of anilines is 1. The van der Waals surface area contributed by atoms with Crippen molar-refractivity contribution < 1.29 is 9.59 Å². The molecule has 0 aromatic heterocycles. The van der Waals surface area contributed by atoms with E-state index in [9.17, 15) is 9.59 Å². The van der Waals surface area contributed by atoms with E-state index in [0.29, 0.717) is 11.1 Å². The Hall–Kier alpha value is -3.26. The highest BCUT2D eigenvalue weighted by molar-refractivity contribution is 7.80. The fraction of sp³-hybridized carbons (Fsp3) is 0.111. The second-order valence-electron chi connectivity index (χ2n) is 5.67. The maximum Gasteiger partial charge on any atom is 0.263 e. The molecule has 1 aliphatic heterocycles. The van der Waals surface area contributed by atoms with Crippen LogP contribution >= 0.6 is 12.2 Å². The Kier molecular flexibility index (Phi) is 4.94. The number of hydrogen-bond donors (Lipinski definition) is 3. The minimum absolute atomic E-state index is 0.0990. The molecule has 8 heteroatoms. The molecule has 0 radical (unpaired) electrons. The smallest absolute Gasteiger partial charge is 0.263 e. The van der Waals surface area contributed by atoms with Gasteiger partial charge in [-0.1, -0.05) is 24.3 Å². The third kappa shape index (κ3) is 3.55.